The Hall–Kier alpha value is -0.530. The topological polar surface area (TPSA) is 26.0 Å². The summed E-state index contributed by atoms with van der Waals surface area (Å²) in [7, 11) is 0. The number of rotatable bonds is 18. The van der Waals surface area contributed by atoms with Crippen LogP contribution in [0, 0.1) is 5.41 Å². The first kappa shape index (κ1) is 29.5. The Morgan fingerprint density at radius 3 is 1.60 bits per heavy atom. The van der Waals surface area contributed by atoms with Gasteiger partial charge in [-0.25, -0.2) is 0 Å². The van der Waals surface area contributed by atoms with Gasteiger partial charge in [0.25, 0.3) is 0 Å². The minimum atomic E-state index is 0. The zero-order chi connectivity index (χ0) is 21.4. The number of nitrogens with two attached hydrogens (primary N) is 1. The van der Waals surface area contributed by atoms with E-state index in [-0.39, 0.29) is 23.9 Å². The molecule has 30 heavy (non-hydrogen) atoms. The molecule has 0 spiro atoms. The van der Waals surface area contributed by atoms with E-state index in [4.69, 9.17) is 5.73 Å². The van der Waals surface area contributed by atoms with Gasteiger partial charge in [-0.05, 0) is 35.8 Å². The summed E-state index contributed by atoms with van der Waals surface area (Å²) in [6, 6.07) is 9.27. The fraction of sp³-hybridized carbons (Fsp3) is 0.786. The Morgan fingerprint density at radius 1 is 0.667 bits per heavy atom. The normalized spacial score (nSPS) is 12.6. The highest BCUT2D eigenvalue weighted by Crippen LogP contribution is 2.36. The van der Waals surface area contributed by atoms with Gasteiger partial charge < -0.3 is 5.73 Å². The second kappa shape index (κ2) is 18.1. The summed E-state index contributed by atoms with van der Waals surface area (Å²) in [5.74, 6) is 0. The molecule has 0 aliphatic rings. The molecular weight excluding hydrogens is 386 g/mol. The van der Waals surface area contributed by atoms with Crippen LogP contribution >= 0.6 is 12.4 Å². The molecule has 0 saturated heterocycles. The summed E-state index contributed by atoms with van der Waals surface area (Å²) >= 11 is 0. The third kappa shape index (κ3) is 13.0. The molecule has 0 saturated carbocycles. The third-order valence-electron chi connectivity index (χ3n) is 6.67. The molecule has 1 unspecified atom stereocenters. The van der Waals surface area contributed by atoms with Crippen molar-refractivity contribution in [3.8, 4) is 0 Å². The van der Waals surface area contributed by atoms with Gasteiger partial charge in [-0.3, -0.25) is 0 Å². The number of halogens is 1. The second-order valence-electron chi connectivity index (χ2n) is 9.95. The van der Waals surface area contributed by atoms with Crippen molar-refractivity contribution in [2.75, 3.05) is 0 Å². The molecule has 1 aromatic rings. The summed E-state index contributed by atoms with van der Waals surface area (Å²) in [6.07, 6.45) is 21.8. The van der Waals surface area contributed by atoms with Crippen molar-refractivity contribution < 1.29 is 0 Å². The van der Waals surface area contributed by atoms with Crippen molar-refractivity contribution in [2.45, 2.75) is 136 Å². The first-order valence-electron chi connectivity index (χ1n) is 12.9. The monoisotopic (exact) mass is 437 g/mol. The highest BCUT2D eigenvalue weighted by Gasteiger charge is 2.27. The first-order chi connectivity index (χ1) is 14.0. The van der Waals surface area contributed by atoms with Crippen molar-refractivity contribution in [1.82, 2.24) is 0 Å². The van der Waals surface area contributed by atoms with Crippen LogP contribution in [0.3, 0.4) is 0 Å². The number of aryl methyl sites for hydroxylation is 1. The summed E-state index contributed by atoms with van der Waals surface area (Å²) < 4.78 is 0. The minimum absolute atomic E-state index is 0. The second-order valence-corrected chi connectivity index (χ2v) is 9.95. The molecule has 0 bridgehead atoms. The average molecular weight is 438 g/mol. The van der Waals surface area contributed by atoms with E-state index in [2.05, 4.69) is 52.0 Å². The summed E-state index contributed by atoms with van der Waals surface area (Å²) in [4.78, 5) is 0. The maximum atomic E-state index is 6.67. The van der Waals surface area contributed by atoms with E-state index in [1.165, 1.54) is 114 Å². The van der Waals surface area contributed by atoms with Crippen molar-refractivity contribution >= 4 is 12.4 Å². The Morgan fingerprint density at radius 2 is 1.10 bits per heavy atom. The maximum absolute atomic E-state index is 6.67. The Labute approximate surface area is 195 Å². The van der Waals surface area contributed by atoms with E-state index in [0.717, 1.165) is 0 Å². The van der Waals surface area contributed by atoms with Crippen LogP contribution in [0.5, 0.6) is 0 Å². The van der Waals surface area contributed by atoms with E-state index in [9.17, 15) is 0 Å². The Kier molecular flexibility index (Phi) is 17.8. The van der Waals surface area contributed by atoms with Gasteiger partial charge in [-0.15, -0.1) is 12.4 Å². The van der Waals surface area contributed by atoms with Crippen LogP contribution in [0.15, 0.2) is 24.3 Å². The molecule has 2 N–H and O–H groups in total. The number of unbranched alkanes of at least 4 members (excludes halogenated alkanes) is 12. The fourth-order valence-corrected chi connectivity index (χ4v) is 4.32. The van der Waals surface area contributed by atoms with E-state index in [1.807, 2.05) is 0 Å². The predicted molar refractivity (Wildman–Crippen MR) is 139 cm³/mol. The maximum Gasteiger partial charge on any atom is 0.0346 e. The van der Waals surface area contributed by atoms with Gasteiger partial charge in [0.05, 0.1) is 0 Å². The van der Waals surface area contributed by atoms with Gasteiger partial charge in [-0.2, -0.15) is 0 Å². The van der Waals surface area contributed by atoms with Gasteiger partial charge in [0.15, 0.2) is 0 Å². The molecule has 1 rings (SSSR count). The molecule has 1 aromatic carbocycles. The van der Waals surface area contributed by atoms with Gasteiger partial charge in [0.1, 0.15) is 0 Å². The van der Waals surface area contributed by atoms with Crippen molar-refractivity contribution in [2.24, 2.45) is 11.1 Å². The predicted octanol–water partition coefficient (Wildman–Crippen LogP) is 9.57. The van der Waals surface area contributed by atoms with E-state index in [0.29, 0.717) is 0 Å². The highest BCUT2D eigenvalue weighted by molar-refractivity contribution is 5.85. The standard InChI is InChI=1S/C28H51N.ClH/c1-5-7-9-10-11-12-13-14-15-16-18-24-28(3,4)27(29)26-22-20-25(21-23-26)19-17-8-6-2;/h20-23,27H,5-19,24,29H2,1-4H3;1H. The van der Waals surface area contributed by atoms with Gasteiger partial charge in [0.2, 0.25) is 0 Å². The van der Waals surface area contributed by atoms with Gasteiger partial charge in [0, 0.05) is 6.04 Å². The zero-order valence-electron chi connectivity index (χ0n) is 20.7. The molecule has 176 valence electrons. The van der Waals surface area contributed by atoms with Crippen LogP contribution in [-0.2, 0) is 6.42 Å². The number of hydrogen-bond donors (Lipinski definition) is 1. The molecule has 0 radical (unpaired) electrons. The molecule has 0 heterocycles. The molecule has 0 aromatic heterocycles. The van der Waals surface area contributed by atoms with E-state index in [1.54, 1.807) is 0 Å². The zero-order valence-corrected chi connectivity index (χ0v) is 21.5. The summed E-state index contributed by atoms with van der Waals surface area (Å²) in [6.45, 7) is 9.26. The SMILES string of the molecule is CCCCCCCCCCCCCC(C)(C)C(N)c1ccc(CCCCC)cc1.Cl. The summed E-state index contributed by atoms with van der Waals surface area (Å²) in [5.41, 5.74) is 9.60. The molecule has 0 amide bonds. The lowest BCUT2D eigenvalue weighted by Gasteiger charge is -2.32. The molecule has 0 fully saturated rings. The largest absolute Gasteiger partial charge is 0.324 e. The molecule has 1 nitrogen and oxygen atoms in total. The van der Waals surface area contributed by atoms with Crippen LogP contribution in [0.2, 0.25) is 0 Å². The van der Waals surface area contributed by atoms with Crippen LogP contribution < -0.4 is 5.73 Å². The van der Waals surface area contributed by atoms with Crippen LogP contribution in [0.25, 0.3) is 0 Å². The van der Waals surface area contributed by atoms with Crippen molar-refractivity contribution in [3.05, 3.63) is 35.4 Å². The van der Waals surface area contributed by atoms with Gasteiger partial charge in [-0.1, -0.05) is 135 Å². The Balaban J connectivity index is 0.00000841. The fourth-order valence-electron chi connectivity index (χ4n) is 4.32. The molecule has 0 aliphatic heterocycles. The minimum Gasteiger partial charge on any atom is -0.324 e. The molecular formula is C28H52ClN. The lowest BCUT2D eigenvalue weighted by molar-refractivity contribution is 0.255. The average Bonchev–Trinajstić information content (AvgIpc) is 2.72. The van der Waals surface area contributed by atoms with Crippen molar-refractivity contribution in [3.63, 3.8) is 0 Å². The van der Waals surface area contributed by atoms with Crippen LogP contribution in [-0.4, -0.2) is 0 Å². The van der Waals surface area contributed by atoms with Crippen LogP contribution in [0.4, 0.5) is 0 Å². The molecule has 0 aliphatic carbocycles. The third-order valence-corrected chi connectivity index (χ3v) is 6.67. The lowest BCUT2D eigenvalue weighted by Crippen LogP contribution is -2.29. The highest BCUT2D eigenvalue weighted by atomic mass is 35.5. The Bertz CT molecular complexity index is 494. The lowest BCUT2D eigenvalue weighted by atomic mass is 9.77. The van der Waals surface area contributed by atoms with E-state index >= 15 is 0 Å². The molecule has 2 heteroatoms. The number of hydrogen-bond acceptors (Lipinski definition) is 1. The number of benzene rings is 1. The van der Waals surface area contributed by atoms with Crippen LogP contribution in [0.1, 0.15) is 141 Å². The smallest absolute Gasteiger partial charge is 0.0346 e. The summed E-state index contributed by atoms with van der Waals surface area (Å²) in [5, 5.41) is 0. The first-order valence-corrected chi connectivity index (χ1v) is 12.9. The van der Waals surface area contributed by atoms with Crippen molar-refractivity contribution in [1.29, 1.82) is 0 Å². The quantitative estimate of drug-likeness (QED) is 0.227. The van der Waals surface area contributed by atoms with Gasteiger partial charge >= 0.3 is 0 Å². The molecule has 1 atom stereocenters. The van der Waals surface area contributed by atoms with E-state index < -0.39 is 0 Å².